The Morgan fingerprint density at radius 2 is 0.675 bits per heavy atom. The van der Waals surface area contributed by atoms with Crippen molar-refractivity contribution >= 4 is 23.9 Å². The van der Waals surface area contributed by atoms with Crippen LogP contribution in [-0.2, 0) is 19.2 Å². The smallest absolute Gasteiger partial charge is 0.330 e. The third-order valence-corrected chi connectivity index (χ3v) is 5.66. The molecule has 0 aromatic carbocycles. The van der Waals surface area contributed by atoms with Crippen LogP contribution in [0, 0.1) is 0 Å². The van der Waals surface area contributed by atoms with Gasteiger partial charge in [-0.25, -0.2) is 19.2 Å². The maximum atomic E-state index is 10.6. The summed E-state index contributed by atoms with van der Waals surface area (Å²) in [5.74, 6) is -3.79. The minimum absolute atomic E-state index is 0.358. The van der Waals surface area contributed by atoms with Gasteiger partial charge in [-0.15, -0.1) is 0 Å². The molecule has 4 N–H and O–H groups in total. The number of carboxylic acid groups (broad SMARTS) is 4. The molecule has 0 aliphatic carbocycles. The molecule has 0 amide bonds. The van der Waals surface area contributed by atoms with Gasteiger partial charge in [-0.2, -0.15) is 0 Å². The lowest BCUT2D eigenvalue weighted by Gasteiger charge is -2.04. The van der Waals surface area contributed by atoms with E-state index < -0.39 is 23.9 Å². The Labute approximate surface area is 242 Å². The maximum Gasteiger partial charge on any atom is 0.330 e. The Kier molecular flexibility index (Phi) is 41.7. The van der Waals surface area contributed by atoms with E-state index in [-0.39, 0.29) is 0 Å². The van der Waals surface area contributed by atoms with E-state index in [1.807, 2.05) is 0 Å². The lowest BCUT2D eigenvalue weighted by Crippen LogP contribution is -1.98. The van der Waals surface area contributed by atoms with Gasteiger partial charge in [0.15, 0.2) is 0 Å². The number of unbranched alkanes of at least 4 members (excludes halogenated alkanes) is 17. The highest BCUT2D eigenvalue weighted by atomic mass is 16.4. The first kappa shape index (κ1) is 43.9. The fourth-order valence-electron chi connectivity index (χ4n) is 3.35. The highest BCUT2D eigenvalue weighted by Crippen LogP contribution is 2.15. The van der Waals surface area contributed by atoms with Crippen molar-refractivity contribution in [2.45, 2.75) is 129 Å². The van der Waals surface area contributed by atoms with Gasteiger partial charge in [-0.3, -0.25) is 0 Å². The van der Waals surface area contributed by atoms with Gasteiger partial charge in [0.1, 0.15) is 0 Å². The highest BCUT2D eigenvalue weighted by molar-refractivity contribution is 5.85. The number of carbonyl (C=O) groups is 4. The van der Waals surface area contributed by atoms with Crippen LogP contribution in [-0.4, -0.2) is 44.3 Å². The van der Waals surface area contributed by atoms with Crippen molar-refractivity contribution in [1.29, 1.82) is 0 Å². The second-order valence-corrected chi connectivity index (χ2v) is 9.30. The molecule has 8 heteroatoms. The van der Waals surface area contributed by atoms with Crippen LogP contribution >= 0.6 is 0 Å². The van der Waals surface area contributed by atoms with E-state index in [4.69, 9.17) is 20.4 Å². The molecule has 0 rings (SSSR count). The van der Waals surface area contributed by atoms with Crippen molar-refractivity contribution in [1.82, 2.24) is 0 Å². The third kappa shape index (κ3) is 55.4. The van der Waals surface area contributed by atoms with E-state index in [1.165, 1.54) is 103 Å². The standard InChI is InChI=1S/C23H44O2.3C3H4O2/c1-3-4-5-6-7-8-9-10-11-12-13-14-15-16-17-18-19-20-21-22(2)23(24)25;3*1-2-3(4)5/h2-21H2,1H3,(H,24,25);3*2H,1H2,(H,4,5). The lowest BCUT2D eigenvalue weighted by atomic mass is 10.0. The largest absolute Gasteiger partial charge is 0.478 e. The summed E-state index contributed by atoms with van der Waals surface area (Å²) < 4.78 is 0. The molecular formula is C32H56O8. The molecule has 0 spiro atoms. The first-order valence-corrected chi connectivity index (χ1v) is 14.5. The summed E-state index contributed by atoms with van der Waals surface area (Å²) in [7, 11) is 0. The van der Waals surface area contributed by atoms with Crippen LogP contribution < -0.4 is 0 Å². The monoisotopic (exact) mass is 568 g/mol. The molecule has 0 heterocycles. The first-order valence-electron chi connectivity index (χ1n) is 14.5. The zero-order valence-electron chi connectivity index (χ0n) is 24.9. The second-order valence-electron chi connectivity index (χ2n) is 9.30. The Balaban J connectivity index is -0.000000350. The van der Waals surface area contributed by atoms with Crippen molar-refractivity contribution in [3.05, 3.63) is 50.1 Å². The number of rotatable bonds is 23. The molecule has 0 bridgehead atoms. The summed E-state index contributed by atoms with van der Waals surface area (Å²) in [5, 5.41) is 31.5. The average Bonchev–Trinajstić information content (AvgIpc) is 2.93. The molecule has 0 saturated carbocycles. The molecule has 0 aliphatic heterocycles. The fraction of sp³-hybridized carbons (Fsp3) is 0.625. The van der Waals surface area contributed by atoms with Gasteiger partial charge in [0.2, 0.25) is 0 Å². The number of carboxylic acids is 4. The average molecular weight is 569 g/mol. The third-order valence-electron chi connectivity index (χ3n) is 5.66. The molecule has 0 aromatic rings. The fourth-order valence-corrected chi connectivity index (χ4v) is 3.35. The van der Waals surface area contributed by atoms with Crippen LogP contribution in [0.1, 0.15) is 129 Å². The molecule has 40 heavy (non-hydrogen) atoms. The van der Waals surface area contributed by atoms with Crippen molar-refractivity contribution < 1.29 is 39.6 Å². The zero-order chi connectivity index (χ0) is 31.4. The normalized spacial score (nSPS) is 9.22. The molecular weight excluding hydrogens is 512 g/mol. The van der Waals surface area contributed by atoms with Gasteiger partial charge in [-0.1, -0.05) is 142 Å². The molecule has 0 atom stereocenters. The van der Waals surface area contributed by atoms with Crippen LogP contribution in [0.2, 0.25) is 0 Å². The van der Waals surface area contributed by atoms with Gasteiger partial charge in [0, 0.05) is 23.8 Å². The van der Waals surface area contributed by atoms with Crippen molar-refractivity contribution in [2.75, 3.05) is 0 Å². The lowest BCUT2D eigenvalue weighted by molar-refractivity contribution is -0.133. The molecule has 0 aliphatic rings. The Bertz CT molecular complexity index is 640. The second kappa shape index (κ2) is 38.0. The summed E-state index contributed by atoms with van der Waals surface area (Å²) in [6.07, 6.45) is 27.6. The van der Waals surface area contributed by atoms with E-state index in [0.717, 1.165) is 31.1 Å². The Morgan fingerprint density at radius 3 is 0.850 bits per heavy atom. The first-order chi connectivity index (χ1) is 19.0. The topological polar surface area (TPSA) is 149 Å². The van der Waals surface area contributed by atoms with Crippen LogP contribution in [0.3, 0.4) is 0 Å². The van der Waals surface area contributed by atoms with Crippen molar-refractivity contribution in [3.8, 4) is 0 Å². The van der Waals surface area contributed by atoms with Crippen molar-refractivity contribution in [2.24, 2.45) is 0 Å². The number of aliphatic carboxylic acids is 4. The molecule has 0 unspecified atom stereocenters. The minimum Gasteiger partial charge on any atom is -0.478 e. The summed E-state index contributed by atoms with van der Waals surface area (Å²) in [5.41, 5.74) is 0.358. The zero-order valence-corrected chi connectivity index (χ0v) is 24.9. The van der Waals surface area contributed by atoms with Crippen molar-refractivity contribution in [3.63, 3.8) is 0 Å². The number of hydrogen-bond acceptors (Lipinski definition) is 4. The highest BCUT2D eigenvalue weighted by Gasteiger charge is 2.02. The van der Waals surface area contributed by atoms with Gasteiger partial charge in [0.05, 0.1) is 0 Å². The van der Waals surface area contributed by atoms with Crippen LogP contribution in [0.5, 0.6) is 0 Å². The summed E-state index contributed by atoms with van der Waals surface area (Å²) in [4.78, 5) is 38.4. The molecule has 0 radical (unpaired) electrons. The van der Waals surface area contributed by atoms with Crippen LogP contribution in [0.15, 0.2) is 50.1 Å². The van der Waals surface area contributed by atoms with E-state index in [9.17, 15) is 19.2 Å². The Morgan fingerprint density at radius 1 is 0.475 bits per heavy atom. The predicted molar refractivity (Wildman–Crippen MR) is 164 cm³/mol. The predicted octanol–water partition coefficient (Wildman–Crippen LogP) is 8.83. The van der Waals surface area contributed by atoms with Gasteiger partial charge >= 0.3 is 23.9 Å². The molecule has 0 aromatic heterocycles. The Hall–Kier alpha value is -3.16. The minimum atomic E-state index is -0.981. The van der Waals surface area contributed by atoms with E-state index >= 15 is 0 Å². The van der Waals surface area contributed by atoms with Crippen LogP contribution in [0.25, 0.3) is 0 Å². The maximum absolute atomic E-state index is 10.6. The van der Waals surface area contributed by atoms with Gasteiger partial charge < -0.3 is 20.4 Å². The van der Waals surface area contributed by atoms with Gasteiger partial charge in [0.25, 0.3) is 0 Å². The summed E-state index contributed by atoms with van der Waals surface area (Å²) >= 11 is 0. The van der Waals surface area contributed by atoms with Gasteiger partial charge in [-0.05, 0) is 12.8 Å². The molecule has 8 nitrogen and oxygen atoms in total. The summed E-state index contributed by atoms with van der Waals surface area (Å²) in [6, 6.07) is 0. The van der Waals surface area contributed by atoms with E-state index in [0.29, 0.717) is 12.0 Å². The quantitative estimate of drug-likeness (QED) is 0.0705. The summed E-state index contributed by atoms with van der Waals surface area (Å²) in [6.45, 7) is 14.7. The van der Waals surface area contributed by atoms with E-state index in [1.54, 1.807) is 0 Å². The molecule has 0 saturated heterocycles. The van der Waals surface area contributed by atoms with Crippen LogP contribution in [0.4, 0.5) is 0 Å². The van der Waals surface area contributed by atoms with E-state index in [2.05, 4.69) is 33.2 Å². The molecule has 232 valence electrons. The molecule has 0 fully saturated rings. The number of hydrogen-bond donors (Lipinski definition) is 4. The SMILES string of the molecule is C=C(CCCCCCCCCCCCCCCCCCCC)C(=O)O.C=CC(=O)O.C=CC(=O)O.C=CC(=O)O.